The van der Waals surface area contributed by atoms with Crippen LogP contribution in [0.2, 0.25) is 0 Å². The number of likely N-dealkylation sites (N-methyl/N-ethyl adjacent to an activating group) is 1. The largest absolute Gasteiger partial charge is 0.487 e. The fourth-order valence-corrected chi connectivity index (χ4v) is 4.61. The average molecular weight is 371 g/mol. The van der Waals surface area contributed by atoms with Gasteiger partial charge in [-0.25, -0.2) is 0 Å². The molecule has 4 heteroatoms. The molecule has 1 aromatic carbocycles. The van der Waals surface area contributed by atoms with Crippen molar-refractivity contribution in [2.45, 2.75) is 50.9 Å². The van der Waals surface area contributed by atoms with E-state index < -0.39 is 5.60 Å². The molecule has 0 N–H and O–H groups in total. The van der Waals surface area contributed by atoms with E-state index in [1.54, 1.807) is 0 Å². The first-order valence-electron chi connectivity index (χ1n) is 10.2. The number of hydrogen-bond acceptors (Lipinski definition) is 3. The maximum Gasteiger partial charge on any atom is 0.140 e. The second kappa shape index (κ2) is 6.81. The van der Waals surface area contributed by atoms with Crippen molar-refractivity contribution in [1.82, 2.24) is 0 Å². The number of para-hydroxylation sites is 1. The number of ether oxygens (including phenoxy) is 3. The summed E-state index contributed by atoms with van der Waals surface area (Å²) in [5.41, 5.74) is 0.551. The zero-order chi connectivity index (χ0) is 19.1. The van der Waals surface area contributed by atoms with E-state index in [0.717, 1.165) is 55.9 Å². The molecule has 0 saturated carbocycles. The van der Waals surface area contributed by atoms with Crippen molar-refractivity contribution in [2.75, 3.05) is 39.9 Å². The molecule has 4 nitrogen and oxygen atoms in total. The SMILES string of the molecule is CC1(C)Oc2ccccc2[C@@H]2O[C@](C)(C#CC[N+]3(C)CCOCC3)CC[C@H]21. The summed E-state index contributed by atoms with van der Waals surface area (Å²) in [5, 5.41) is 0. The zero-order valence-electron chi connectivity index (χ0n) is 17.1. The minimum absolute atomic E-state index is 0.0474. The smallest absolute Gasteiger partial charge is 0.140 e. The molecular formula is C23H32NO3+. The first-order valence-corrected chi connectivity index (χ1v) is 10.2. The molecule has 3 aliphatic rings. The van der Waals surface area contributed by atoms with Crippen LogP contribution in [0.25, 0.3) is 0 Å². The summed E-state index contributed by atoms with van der Waals surface area (Å²) in [6, 6.07) is 8.30. The topological polar surface area (TPSA) is 27.7 Å². The van der Waals surface area contributed by atoms with Crippen molar-refractivity contribution >= 4 is 0 Å². The van der Waals surface area contributed by atoms with Crippen LogP contribution in [0, 0.1) is 17.8 Å². The summed E-state index contributed by atoms with van der Waals surface area (Å²) in [4.78, 5) is 0. The van der Waals surface area contributed by atoms with Gasteiger partial charge in [0.1, 0.15) is 36.6 Å². The average Bonchev–Trinajstić information content (AvgIpc) is 2.61. The predicted octanol–water partition coefficient (Wildman–Crippen LogP) is 3.56. The Bertz CT molecular complexity index is 756. The van der Waals surface area contributed by atoms with Gasteiger partial charge in [-0.1, -0.05) is 24.1 Å². The fourth-order valence-electron chi connectivity index (χ4n) is 4.61. The molecule has 27 heavy (non-hydrogen) atoms. The third-order valence-corrected chi connectivity index (χ3v) is 6.54. The van der Waals surface area contributed by atoms with Gasteiger partial charge in [0.2, 0.25) is 0 Å². The van der Waals surface area contributed by atoms with E-state index in [4.69, 9.17) is 14.2 Å². The molecule has 4 rings (SSSR count). The molecule has 1 aromatic rings. The van der Waals surface area contributed by atoms with Crippen LogP contribution in [0.4, 0.5) is 0 Å². The van der Waals surface area contributed by atoms with Crippen LogP contribution >= 0.6 is 0 Å². The standard InChI is InChI=1S/C23H32NO3/c1-22(2)19-10-12-23(3,11-7-13-24(4)14-16-25-17-15-24)27-21(19)18-8-5-6-9-20(18)26-22/h5-6,8-9,19,21H,10,12-17H2,1-4H3/q+1/t19-,21+,23-/m1/s1. The van der Waals surface area contributed by atoms with Crippen LogP contribution in [0.5, 0.6) is 5.75 Å². The lowest BCUT2D eigenvalue weighted by Crippen LogP contribution is -2.52. The highest BCUT2D eigenvalue weighted by Gasteiger charge is 2.50. The van der Waals surface area contributed by atoms with Crippen molar-refractivity contribution in [2.24, 2.45) is 5.92 Å². The Labute approximate surface area is 163 Å². The predicted molar refractivity (Wildman–Crippen MR) is 105 cm³/mol. The molecule has 0 unspecified atom stereocenters. The molecule has 0 bridgehead atoms. The van der Waals surface area contributed by atoms with Gasteiger partial charge in [0.25, 0.3) is 0 Å². The first-order chi connectivity index (χ1) is 12.8. The minimum Gasteiger partial charge on any atom is -0.487 e. The molecule has 0 spiro atoms. The van der Waals surface area contributed by atoms with E-state index >= 15 is 0 Å². The highest BCUT2D eigenvalue weighted by molar-refractivity contribution is 5.39. The molecule has 3 heterocycles. The summed E-state index contributed by atoms with van der Waals surface area (Å²) in [6.45, 7) is 11.1. The Morgan fingerprint density at radius 1 is 1.15 bits per heavy atom. The summed E-state index contributed by atoms with van der Waals surface area (Å²) < 4.78 is 19.4. The fraction of sp³-hybridized carbons (Fsp3) is 0.652. The molecule has 0 aromatic heterocycles. The van der Waals surface area contributed by atoms with Crippen LogP contribution in [0.1, 0.15) is 45.3 Å². The van der Waals surface area contributed by atoms with E-state index in [-0.39, 0.29) is 11.7 Å². The van der Waals surface area contributed by atoms with E-state index in [0.29, 0.717) is 5.92 Å². The Hall–Kier alpha value is -1.54. The van der Waals surface area contributed by atoms with Gasteiger partial charge in [0, 0.05) is 11.5 Å². The number of rotatable bonds is 1. The lowest BCUT2D eigenvalue weighted by atomic mass is 9.73. The van der Waals surface area contributed by atoms with Gasteiger partial charge in [-0.05, 0) is 45.6 Å². The van der Waals surface area contributed by atoms with Crippen LogP contribution in [-0.4, -0.2) is 55.6 Å². The van der Waals surface area contributed by atoms with Gasteiger partial charge in [0.05, 0.1) is 26.4 Å². The van der Waals surface area contributed by atoms with Crippen LogP contribution < -0.4 is 4.74 Å². The van der Waals surface area contributed by atoms with Gasteiger partial charge >= 0.3 is 0 Å². The molecule has 0 amide bonds. The highest BCUT2D eigenvalue weighted by atomic mass is 16.5. The van der Waals surface area contributed by atoms with E-state index in [1.807, 2.05) is 6.07 Å². The quantitative estimate of drug-likeness (QED) is 0.559. The molecule has 146 valence electrons. The van der Waals surface area contributed by atoms with Crippen LogP contribution in [0.15, 0.2) is 24.3 Å². The second-order valence-corrected chi connectivity index (χ2v) is 9.30. The highest BCUT2D eigenvalue weighted by Crippen LogP contribution is 2.52. The maximum absolute atomic E-state index is 6.68. The Morgan fingerprint density at radius 3 is 2.67 bits per heavy atom. The van der Waals surface area contributed by atoms with Crippen LogP contribution in [0.3, 0.4) is 0 Å². The van der Waals surface area contributed by atoms with Crippen molar-refractivity contribution in [3.05, 3.63) is 29.8 Å². The summed E-state index contributed by atoms with van der Waals surface area (Å²) in [6.07, 6.45) is 2.06. The molecule has 0 radical (unpaired) electrons. The third kappa shape index (κ3) is 3.74. The van der Waals surface area contributed by atoms with Crippen molar-refractivity contribution < 1.29 is 18.7 Å². The third-order valence-electron chi connectivity index (χ3n) is 6.54. The minimum atomic E-state index is -0.396. The summed E-state index contributed by atoms with van der Waals surface area (Å²) >= 11 is 0. The summed E-state index contributed by atoms with van der Waals surface area (Å²) in [7, 11) is 2.27. The maximum atomic E-state index is 6.68. The van der Waals surface area contributed by atoms with Gasteiger partial charge in [-0.15, -0.1) is 0 Å². The Kier molecular flexibility index (Phi) is 4.74. The molecule has 0 aliphatic carbocycles. The monoisotopic (exact) mass is 370 g/mol. The van der Waals surface area contributed by atoms with Crippen molar-refractivity contribution in [1.29, 1.82) is 0 Å². The van der Waals surface area contributed by atoms with Gasteiger partial charge < -0.3 is 18.7 Å². The van der Waals surface area contributed by atoms with E-state index in [1.165, 1.54) is 5.56 Å². The lowest BCUT2D eigenvalue weighted by Gasteiger charge is -2.50. The van der Waals surface area contributed by atoms with E-state index in [2.05, 4.69) is 57.9 Å². The lowest BCUT2D eigenvalue weighted by molar-refractivity contribution is -0.910. The first kappa shape index (κ1) is 18.8. The molecular weight excluding hydrogens is 338 g/mol. The Balaban J connectivity index is 1.54. The summed E-state index contributed by atoms with van der Waals surface area (Å²) in [5.74, 6) is 8.25. The number of fused-ring (bicyclic) bond motifs is 3. The van der Waals surface area contributed by atoms with Crippen molar-refractivity contribution in [3.8, 4) is 17.6 Å². The number of quaternary nitrogens is 1. The molecule has 2 fully saturated rings. The molecule has 3 atom stereocenters. The number of benzene rings is 1. The van der Waals surface area contributed by atoms with Gasteiger partial charge in [-0.2, -0.15) is 0 Å². The van der Waals surface area contributed by atoms with Crippen molar-refractivity contribution in [3.63, 3.8) is 0 Å². The van der Waals surface area contributed by atoms with Crippen LogP contribution in [-0.2, 0) is 9.47 Å². The Morgan fingerprint density at radius 2 is 1.89 bits per heavy atom. The number of hydrogen-bond donors (Lipinski definition) is 0. The molecule has 2 saturated heterocycles. The second-order valence-electron chi connectivity index (χ2n) is 9.30. The van der Waals surface area contributed by atoms with Gasteiger partial charge in [-0.3, -0.25) is 0 Å². The zero-order valence-corrected chi connectivity index (χ0v) is 17.1. The molecule has 3 aliphatic heterocycles. The normalized spacial score (nSPS) is 33.6. The number of nitrogens with zero attached hydrogens (tertiary/aromatic N) is 1. The number of morpholine rings is 1. The van der Waals surface area contributed by atoms with E-state index in [9.17, 15) is 0 Å². The van der Waals surface area contributed by atoms with Gasteiger partial charge in [0.15, 0.2) is 0 Å².